The van der Waals surface area contributed by atoms with Gasteiger partial charge in [0.2, 0.25) is 0 Å². The zero-order valence-electron chi connectivity index (χ0n) is 10.9. The van der Waals surface area contributed by atoms with E-state index >= 15 is 0 Å². The van der Waals surface area contributed by atoms with Gasteiger partial charge in [-0.25, -0.2) is 4.39 Å². The van der Waals surface area contributed by atoms with Gasteiger partial charge < -0.3 is 15.7 Å². The van der Waals surface area contributed by atoms with Crippen molar-refractivity contribution in [3.8, 4) is 0 Å². The van der Waals surface area contributed by atoms with E-state index in [4.69, 9.17) is 5.11 Å². The van der Waals surface area contributed by atoms with Gasteiger partial charge >= 0.3 is 11.8 Å². The zero-order valence-corrected chi connectivity index (χ0v) is 10.9. The summed E-state index contributed by atoms with van der Waals surface area (Å²) >= 11 is 0. The van der Waals surface area contributed by atoms with Gasteiger partial charge in [0.05, 0.1) is 0 Å². The number of halogens is 1. The van der Waals surface area contributed by atoms with E-state index in [1.807, 2.05) is 0 Å². The zero-order chi connectivity index (χ0) is 14.4. The first-order chi connectivity index (χ1) is 8.93. The predicted molar refractivity (Wildman–Crippen MR) is 69.1 cm³/mol. The van der Waals surface area contributed by atoms with Crippen LogP contribution < -0.4 is 10.6 Å². The standard InChI is InChI=1S/C13H17FN2O3/c1-8-7-10(14)3-4-11(8)16-13(19)12(18)15-9(2)5-6-17/h3-4,7,9,17H,5-6H2,1-2H3,(H,15,18)(H,16,19)/t9-/m1/s1. The first-order valence-corrected chi connectivity index (χ1v) is 5.93. The van der Waals surface area contributed by atoms with E-state index in [0.717, 1.165) is 0 Å². The van der Waals surface area contributed by atoms with Crippen molar-refractivity contribution in [2.75, 3.05) is 11.9 Å². The Morgan fingerprint density at radius 3 is 2.63 bits per heavy atom. The van der Waals surface area contributed by atoms with E-state index < -0.39 is 17.6 Å². The van der Waals surface area contributed by atoms with Crippen LogP contribution in [0.5, 0.6) is 0 Å². The number of aliphatic hydroxyl groups excluding tert-OH is 1. The van der Waals surface area contributed by atoms with Gasteiger partial charge in [0.1, 0.15) is 5.82 Å². The Hall–Kier alpha value is -1.95. The monoisotopic (exact) mass is 268 g/mol. The highest BCUT2D eigenvalue weighted by Crippen LogP contribution is 2.15. The Kier molecular flexibility index (Phi) is 5.44. The molecule has 1 aromatic carbocycles. The van der Waals surface area contributed by atoms with Crippen LogP contribution in [0.1, 0.15) is 18.9 Å². The molecular formula is C13H17FN2O3. The van der Waals surface area contributed by atoms with E-state index in [2.05, 4.69) is 10.6 Å². The van der Waals surface area contributed by atoms with Crippen LogP contribution in [0, 0.1) is 12.7 Å². The molecule has 0 aliphatic rings. The third-order valence-electron chi connectivity index (χ3n) is 2.58. The molecule has 0 heterocycles. The lowest BCUT2D eigenvalue weighted by Crippen LogP contribution is -2.40. The lowest BCUT2D eigenvalue weighted by Gasteiger charge is -2.13. The number of hydrogen-bond donors (Lipinski definition) is 3. The summed E-state index contributed by atoms with van der Waals surface area (Å²) < 4.78 is 12.9. The summed E-state index contributed by atoms with van der Waals surface area (Å²) in [6.45, 7) is 3.25. The van der Waals surface area contributed by atoms with Crippen LogP contribution in [0.3, 0.4) is 0 Å². The minimum atomic E-state index is -0.820. The summed E-state index contributed by atoms with van der Waals surface area (Å²) in [6, 6.07) is 3.57. The second-order valence-corrected chi connectivity index (χ2v) is 4.30. The third-order valence-corrected chi connectivity index (χ3v) is 2.58. The Morgan fingerprint density at radius 2 is 2.05 bits per heavy atom. The summed E-state index contributed by atoms with van der Waals surface area (Å²) in [4.78, 5) is 23.1. The summed E-state index contributed by atoms with van der Waals surface area (Å²) in [5.41, 5.74) is 0.918. The molecule has 0 unspecified atom stereocenters. The van der Waals surface area contributed by atoms with Crippen molar-refractivity contribution in [2.45, 2.75) is 26.3 Å². The highest BCUT2D eigenvalue weighted by Gasteiger charge is 2.16. The summed E-state index contributed by atoms with van der Waals surface area (Å²) in [5, 5.41) is 13.5. The molecule has 0 aliphatic carbocycles. The molecule has 104 valence electrons. The van der Waals surface area contributed by atoms with Crippen molar-refractivity contribution in [1.82, 2.24) is 5.32 Å². The summed E-state index contributed by atoms with van der Waals surface area (Å²) in [7, 11) is 0. The smallest absolute Gasteiger partial charge is 0.313 e. The number of aryl methyl sites for hydroxylation is 1. The van der Waals surface area contributed by atoms with E-state index in [9.17, 15) is 14.0 Å². The maximum Gasteiger partial charge on any atom is 0.313 e. The van der Waals surface area contributed by atoms with Gasteiger partial charge in [-0.15, -0.1) is 0 Å². The molecule has 1 aromatic rings. The van der Waals surface area contributed by atoms with Crippen LogP contribution in [-0.2, 0) is 9.59 Å². The van der Waals surface area contributed by atoms with E-state index in [1.54, 1.807) is 13.8 Å². The van der Waals surface area contributed by atoms with Gasteiger partial charge in [-0.3, -0.25) is 9.59 Å². The highest BCUT2D eigenvalue weighted by atomic mass is 19.1. The predicted octanol–water partition coefficient (Wildman–Crippen LogP) is 0.960. The quantitative estimate of drug-likeness (QED) is 0.712. The van der Waals surface area contributed by atoms with E-state index in [1.165, 1.54) is 18.2 Å². The Labute approximate surface area is 110 Å². The molecule has 0 spiro atoms. The van der Waals surface area contributed by atoms with Crippen molar-refractivity contribution in [2.24, 2.45) is 0 Å². The van der Waals surface area contributed by atoms with Crippen LogP contribution in [0.15, 0.2) is 18.2 Å². The van der Waals surface area contributed by atoms with Crippen LogP contribution >= 0.6 is 0 Å². The maximum atomic E-state index is 12.9. The molecule has 0 aliphatic heterocycles. The molecule has 3 N–H and O–H groups in total. The lowest BCUT2D eigenvalue weighted by molar-refractivity contribution is -0.136. The normalized spacial score (nSPS) is 11.8. The number of carbonyl (C=O) groups excluding carboxylic acids is 2. The average molecular weight is 268 g/mol. The number of carbonyl (C=O) groups is 2. The molecule has 1 rings (SSSR count). The summed E-state index contributed by atoms with van der Waals surface area (Å²) in [6.07, 6.45) is 0.370. The number of benzene rings is 1. The molecule has 0 radical (unpaired) electrons. The molecule has 19 heavy (non-hydrogen) atoms. The number of aliphatic hydroxyl groups is 1. The molecule has 0 bridgehead atoms. The number of amides is 2. The van der Waals surface area contributed by atoms with E-state index in [0.29, 0.717) is 17.7 Å². The SMILES string of the molecule is Cc1cc(F)ccc1NC(=O)C(=O)N[C@H](C)CCO. The van der Waals surface area contributed by atoms with Crippen molar-refractivity contribution < 1.29 is 19.1 Å². The largest absolute Gasteiger partial charge is 0.396 e. The van der Waals surface area contributed by atoms with Crippen LogP contribution in [-0.4, -0.2) is 29.6 Å². The number of hydrogen-bond acceptors (Lipinski definition) is 3. The van der Waals surface area contributed by atoms with Crippen molar-refractivity contribution >= 4 is 17.5 Å². The van der Waals surface area contributed by atoms with Gasteiger partial charge in [-0.2, -0.15) is 0 Å². The topological polar surface area (TPSA) is 78.4 Å². The van der Waals surface area contributed by atoms with Crippen molar-refractivity contribution in [1.29, 1.82) is 0 Å². The fourth-order valence-corrected chi connectivity index (χ4v) is 1.50. The molecule has 5 nitrogen and oxygen atoms in total. The van der Waals surface area contributed by atoms with Crippen molar-refractivity contribution in [3.63, 3.8) is 0 Å². The molecule has 1 atom stereocenters. The van der Waals surface area contributed by atoms with E-state index in [-0.39, 0.29) is 12.6 Å². The first-order valence-electron chi connectivity index (χ1n) is 5.93. The highest BCUT2D eigenvalue weighted by molar-refractivity contribution is 6.39. The van der Waals surface area contributed by atoms with Gasteiger partial charge in [0.15, 0.2) is 0 Å². The number of rotatable bonds is 4. The third kappa shape index (κ3) is 4.67. The Morgan fingerprint density at radius 1 is 1.37 bits per heavy atom. The fraction of sp³-hybridized carbons (Fsp3) is 0.385. The number of anilines is 1. The maximum absolute atomic E-state index is 12.9. The van der Waals surface area contributed by atoms with Crippen LogP contribution in [0.2, 0.25) is 0 Å². The molecule has 2 amide bonds. The molecule has 0 saturated heterocycles. The van der Waals surface area contributed by atoms with Crippen LogP contribution in [0.4, 0.5) is 10.1 Å². The summed E-state index contributed by atoms with van der Waals surface area (Å²) in [5.74, 6) is -2.01. The van der Waals surface area contributed by atoms with Gasteiger partial charge in [-0.1, -0.05) is 0 Å². The molecule has 0 saturated carbocycles. The fourth-order valence-electron chi connectivity index (χ4n) is 1.50. The minimum absolute atomic E-state index is 0.0693. The molecular weight excluding hydrogens is 251 g/mol. The van der Waals surface area contributed by atoms with Crippen LogP contribution in [0.25, 0.3) is 0 Å². The first kappa shape index (κ1) is 15.1. The average Bonchev–Trinajstić information content (AvgIpc) is 2.32. The Bertz CT molecular complexity index is 477. The molecule has 6 heteroatoms. The Balaban J connectivity index is 2.61. The van der Waals surface area contributed by atoms with Crippen molar-refractivity contribution in [3.05, 3.63) is 29.6 Å². The van der Waals surface area contributed by atoms with Gasteiger partial charge in [0, 0.05) is 18.3 Å². The van der Waals surface area contributed by atoms with Gasteiger partial charge in [-0.05, 0) is 44.0 Å². The molecule has 0 fully saturated rings. The second-order valence-electron chi connectivity index (χ2n) is 4.30. The van der Waals surface area contributed by atoms with Gasteiger partial charge in [0.25, 0.3) is 0 Å². The number of nitrogens with one attached hydrogen (secondary N) is 2. The minimum Gasteiger partial charge on any atom is -0.396 e. The molecule has 0 aromatic heterocycles. The lowest BCUT2D eigenvalue weighted by atomic mass is 10.2. The second kappa shape index (κ2) is 6.84.